The number of amides is 1. The van der Waals surface area contributed by atoms with E-state index in [2.05, 4.69) is 24.1 Å². The predicted molar refractivity (Wildman–Crippen MR) is 96.2 cm³/mol. The first kappa shape index (κ1) is 19.7. The quantitative estimate of drug-likeness (QED) is 0.722. The average Bonchev–Trinajstić information content (AvgIpc) is 2.50. The van der Waals surface area contributed by atoms with Crippen LogP contribution in [0.4, 0.5) is 0 Å². The van der Waals surface area contributed by atoms with Gasteiger partial charge in [-0.25, -0.2) is 12.7 Å². The number of piperidine rings is 2. The van der Waals surface area contributed by atoms with Crippen LogP contribution >= 0.6 is 0 Å². The van der Waals surface area contributed by atoms with Crippen LogP contribution in [0.25, 0.3) is 0 Å². The first-order valence-corrected chi connectivity index (χ1v) is 11.1. The van der Waals surface area contributed by atoms with Gasteiger partial charge in [0.05, 0.1) is 12.2 Å². The highest BCUT2D eigenvalue weighted by atomic mass is 32.2. The second-order valence-electron chi connectivity index (χ2n) is 7.81. The zero-order chi connectivity index (χ0) is 17.7. The van der Waals surface area contributed by atoms with Gasteiger partial charge in [0.25, 0.3) is 0 Å². The fourth-order valence-electron chi connectivity index (χ4n) is 4.09. The van der Waals surface area contributed by atoms with E-state index in [1.54, 1.807) is 0 Å². The van der Waals surface area contributed by atoms with Crippen LogP contribution in [0.15, 0.2) is 0 Å². The number of carbonyl (C=O) groups excluding carboxylic acids is 1. The average molecular weight is 360 g/mol. The van der Waals surface area contributed by atoms with E-state index in [4.69, 9.17) is 0 Å². The van der Waals surface area contributed by atoms with Crippen LogP contribution in [0.3, 0.4) is 0 Å². The Balaban J connectivity index is 1.68. The lowest BCUT2D eigenvalue weighted by molar-refractivity contribution is -0.126. The summed E-state index contributed by atoms with van der Waals surface area (Å²) in [5.41, 5.74) is 0. The van der Waals surface area contributed by atoms with E-state index >= 15 is 0 Å². The van der Waals surface area contributed by atoms with Gasteiger partial charge >= 0.3 is 0 Å². The van der Waals surface area contributed by atoms with Crippen molar-refractivity contribution in [2.24, 2.45) is 17.8 Å². The summed E-state index contributed by atoms with van der Waals surface area (Å²) < 4.78 is 24.7. The summed E-state index contributed by atoms with van der Waals surface area (Å²) in [6.07, 6.45) is 5.01. The molecule has 2 aliphatic rings. The van der Waals surface area contributed by atoms with Crippen molar-refractivity contribution < 1.29 is 13.2 Å². The lowest BCUT2D eigenvalue weighted by Crippen LogP contribution is -2.45. The van der Waals surface area contributed by atoms with E-state index < -0.39 is 10.0 Å². The minimum absolute atomic E-state index is 0.00345. The summed E-state index contributed by atoms with van der Waals surface area (Å²) in [7, 11) is -3.20. The van der Waals surface area contributed by atoms with Crippen LogP contribution in [0.5, 0.6) is 0 Å². The summed E-state index contributed by atoms with van der Waals surface area (Å²) >= 11 is 0. The molecule has 140 valence electrons. The largest absolute Gasteiger partial charge is 0.356 e. The highest BCUT2D eigenvalue weighted by Crippen LogP contribution is 2.21. The number of carbonyl (C=O) groups is 1. The van der Waals surface area contributed by atoms with Gasteiger partial charge in [0.1, 0.15) is 0 Å². The van der Waals surface area contributed by atoms with Crippen molar-refractivity contribution in [3.63, 3.8) is 0 Å². The van der Waals surface area contributed by atoms with Crippen LogP contribution in [0.1, 0.15) is 39.5 Å². The molecule has 2 fully saturated rings. The molecule has 0 aromatic carbocycles. The lowest BCUT2D eigenvalue weighted by atomic mass is 9.92. The molecule has 0 spiro atoms. The Kier molecular flexibility index (Phi) is 7.07. The molecule has 0 aliphatic carbocycles. The number of hydrogen-bond acceptors (Lipinski definition) is 4. The SMILES string of the molecule is C[C@H]1C[C@H](C)CN(CCCNC(=O)[C@@H]2CCCN(S(C)(=O)=O)C2)C1. The molecule has 2 aliphatic heterocycles. The molecule has 2 saturated heterocycles. The summed E-state index contributed by atoms with van der Waals surface area (Å²) in [4.78, 5) is 14.8. The van der Waals surface area contributed by atoms with Gasteiger partial charge in [-0.3, -0.25) is 4.79 Å². The van der Waals surface area contributed by atoms with Crippen molar-refractivity contribution in [1.82, 2.24) is 14.5 Å². The highest BCUT2D eigenvalue weighted by Gasteiger charge is 2.30. The molecular weight excluding hydrogens is 326 g/mol. The smallest absolute Gasteiger partial charge is 0.224 e. The number of nitrogens with zero attached hydrogens (tertiary/aromatic N) is 2. The Morgan fingerprint density at radius 3 is 2.46 bits per heavy atom. The molecule has 0 unspecified atom stereocenters. The topological polar surface area (TPSA) is 69.7 Å². The maximum absolute atomic E-state index is 12.3. The summed E-state index contributed by atoms with van der Waals surface area (Å²) in [5.74, 6) is 1.31. The molecule has 0 aromatic heterocycles. The second-order valence-corrected chi connectivity index (χ2v) is 9.79. The van der Waals surface area contributed by atoms with E-state index in [0.717, 1.165) is 50.7 Å². The fourth-order valence-corrected chi connectivity index (χ4v) is 5.00. The van der Waals surface area contributed by atoms with Crippen molar-refractivity contribution >= 4 is 15.9 Å². The van der Waals surface area contributed by atoms with E-state index in [1.807, 2.05) is 0 Å². The standard InChI is InChI=1S/C17H33N3O3S/c1-14-10-15(2)12-19(11-14)8-5-7-18-17(21)16-6-4-9-20(13-16)24(3,22)23/h14-16H,4-13H2,1-3H3,(H,18,21)/t14-,15-,16+/m0/s1. The molecule has 0 bridgehead atoms. The van der Waals surface area contributed by atoms with Gasteiger partial charge in [-0.2, -0.15) is 0 Å². The van der Waals surface area contributed by atoms with E-state index in [0.29, 0.717) is 19.6 Å². The number of sulfonamides is 1. The third kappa shape index (κ3) is 6.01. The van der Waals surface area contributed by atoms with Crippen molar-refractivity contribution in [2.75, 3.05) is 45.5 Å². The molecule has 24 heavy (non-hydrogen) atoms. The number of likely N-dealkylation sites (tertiary alicyclic amines) is 1. The summed E-state index contributed by atoms with van der Waals surface area (Å²) in [5, 5.41) is 3.00. The molecule has 2 heterocycles. The van der Waals surface area contributed by atoms with Crippen LogP contribution < -0.4 is 5.32 Å². The number of rotatable bonds is 6. The Labute approximate surface area is 147 Å². The Morgan fingerprint density at radius 1 is 1.17 bits per heavy atom. The van der Waals surface area contributed by atoms with E-state index in [9.17, 15) is 13.2 Å². The highest BCUT2D eigenvalue weighted by molar-refractivity contribution is 7.88. The van der Waals surface area contributed by atoms with Gasteiger partial charge < -0.3 is 10.2 Å². The fraction of sp³-hybridized carbons (Fsp3) is 0.941. The predicted octanol–water partition coefficient (Wildman–Crippen LogP) is 1.14. The zero-order valence-corrected chi connectivity index (χ0v) is 16.1. The van der Waals surface area contributed by atoms with Crippen molar-refractivity contribution in [1.29, 1.82) is 0 Å². The van der Waals surface area contributed by atoms with Crippen LogP contribution in [0.2, 0.25) is 0 Å². The molecule has 0 radical (unpaired) electrons. The molecule has 7 heteroatoms. The normalized spacial score (nSPS) is 30.2. The molecule has 6 nitrogen and oxygen atoms in total. The van der Waals surface area contributed by atoms with E-state index in [1.165, 1.54) is 17.0 Å². The minimum atomic E-state index is -3.20. The molecule has 1 N–H and O–H groups in total. The molecule has 3 atom stereocenters. The van der Waals surface area contributed by atoms with Gasteiger partial charge in [-0.15, -0.1) is 0 Å². The Hall–Kier alpha value is -0.660. The van der Waals surface area contributed by atoms with Crippen molar-refractivity contribution in [2.45, 2.75) is 39.5 Å². The van der Waals surface area contributed by atoms with E-state index in [-0.39, 0.29) is 11.8 Å². The van der Waals surface area contributed by atoms with Crippen LogP contribution in [0, 0.1) is 17.8 Å². The van der Waals surface area contributed by atoms with Gasteiger partial charge in [0.2, 0.25) is 15.9 Å². The van der Waals surface area contributed by atoms with Gasteiger partial charge in [0.15, 0.2) is 0 Å². The molecule has 0 saturated carbocycles. The minimum Gasteiger partial charge on any atom is -0.356 e. The first-order valence-electron chi connectivity index (χ1n) is 9.21. The maximum Gasteiger partial charge on any atom is 0.224 e. The first-order chi connectivity index (χ1) is 11.3. The third-order valence-electron chi connectivity index (χ3n) is 5.12. The zero-order valence-electron chi connectivity index (χ0n) is 15.3. The van der Waals surface area contributed by atoms with Gasteiger partial charge in [0, 0.05) is 32.7 Å². The molecular formula is C17H33N3O3S. The molecule has 1 amide bonds. The van der Waals surface area contributed by atoms with Gasteiger partial charge in [-0.05, 0) is 44.1 Å². The van der Waals surface area contributed by atoms with Crippen LogP contribution in [-0.4, -0.2) is 69.1 Å². The third-order valence-corrected chi connectivity index (χ3v) is 6.39. The number of hydrogen-bond donors (Lipinski definition) is 1. The summed E-state index contributed by atoms with van der Waals surface area (Å²) in [6.45, 7) is 9.48. The van der Waals surface area contributed by atoms with Crippen molar-refractivity contribution in [3.8, 4) is 0 Å². The number of nitrogens with one attached hydrogen (secondary N) is 1. The van der Waals surface area contributed by atoms with Gasteiger partial charge in [-0.1, -0.05) is 13.8 Å². The second kappa shape index (κ2) is 8.63. The molecule has 2 rings (SSSR count). The Bertz CT molecular complexity index is 513. The summed E-state index contributed by atoms with van der Waals surface area (Å²) in [6, 6.07) is 0. The lowest BCUT2D eigenvalue weighted by Gasteiger charge is -2.35. The Morgan fingerprint density at radius 2 is 1.83 bits per heavy atom. The van der Waals surface area contributed by atoms with Crippen LogP contribution in [-0.2, 0) is 14.8 Å². The maximum atomic E-state index is 12.3. The van der Waals surface area contributed by atoms with Crippen molar-refractivity contribution in [3.05, 3.63) is 0 Å². The monoisotopic (exact) mass is 359 g/mol. The molecule has 0 aromatic rings.